The molecule has 0 saturated carbocycles. The number of carbonyl (C=O) groups is 1. The third-order valence-electron chi connectivity index (χ3n) is 4.64. The quantitative estimate of drug-likeness (QED) is 0.761. The zero-order valence-electron chi connectivity index (χ0n) is 15.0. The minimum atomic E-state index is -0.00768. The zero-order valence-corrected chi connectivity index (χ0v) is 16.6. The van der Waals surface area contributed by atoms with E-state index in [9.17, 15) is 4.79 Å². The van der Waals surface area contributed by atoms with Crippen molar-refractivity contribution in [3.63, 3.8) is 0 Å². The highest BCUT2D eigenvalue weighted by Crippen LogP contribution is 2.38. The molecular formula is C20H23BrN2O3. The van der Waals surface area contributed by atoms with Crippen LogP contribution >= 0.6 is 15.9 Å². The number of nitrogens with one attached hydrogen (secondary N) is 1. The first-order valence-corrected chi connectivity index (χ1v) is 9.41. The van der Waals surface area contributed by atoms with Gasteiger partial charge in [0, 0.05) is 27.8 Å². The molecule has 1 amide bonds. The summed E-state index contributed by atoms with van der Waals surface area (Å²) in [6.07, 6.45) is 2.07. The van der Waals surface area contributed by atoms with E-state index in [0.29, 0.717) is 6.54 Å². The smallest absolute Gasteiger partial charge is 0.238 e. The lowest BCUT2D eigenvalue weighted by atomic mass is 10.0. The van der Waals surface area contributed by atoms with Crippen molar-refractivity contribution in [2.45, 2.75) is 18.9 Å². The Morgan fingerprint density at radius 1 is 1.19 bits per heavy atom. The van der Waals surface area contributed by atoms with Crippen molar-refractivity contribution >= 4 is 27.5 Å². The van der Waals surface area contributed by atoms with Crippen molar-refractivity contribution in [2.24, 2.45) is 0 Å². The molecule has 1 fully saturated rings. The first kappa shape index (κ1) is 18.7. The lowest BCUT2D eigenvalue weighted by molar-refractivity contribution is -0.117. The topological polar surface area (TPSA) is 50.8 Å². The van der Waals surface area contributed by atoms with Crippen LogP contribution in [-0.2, 0) is 4.79 Å². The Labute approximate surface area is 162 Å². The van der Waals surface area contributed by atoms with Crippen LogP contribution in [0.1, 0.15) is 24.4 Å². The predicted octanol–water partition coefficient (Wildman–Crippen LogP) is 4.24. The van der Waals surface area contributed by atoms with E-state index in [2.05, 4.69) is 26.1 Å². The van der Waals surface area contributed by atoms with Crippen LogP contribution < -0.4 is 14.8 Å². The molecule has 138 valence electrons. The third kappa shape index (κ3) is 4.37. The van der Waals surface area contributed by atoms with Crippen LogP contribution in [-0.4, -0.2) is 38.1 Å². The number of benzene rings is 2. The van der Waals surface area contributed by atoms with Gasteiger partial charge in [0.1, 0.15) is 11.5 Å². The summed E-state index contributed by atoms with van der Waals surface area (Å²) in [6, 6.07) is 13.6. The van der Waals surface area contributed by atoms with Gasteiger partial charge in [0.25, 0.3) is 0 Å². The summed E-state index contributed by atoms with van der Waals surface area (Å²) in [5, 5.41) is 2.96. The molecule has 1 aliphatic rings. The van der Waals surface area contributed by atoms with Crippen LogP contribution in [0.2, 0.25) is 0 Å². The van der Waals surface area contributed by atoms with Crippen molar-refractivity contribution in [3.8, 4) is 11.5 Å². The maximum atomic E-state index is 12.5. The molecule has 1 heterocycles. The summed E-state index contributed by atoms with van der Waals surface area (Å²) in [5.74, 6) is 1.56. The van der Waals surface area contributed by atoms with Gasteiger partial charge in [-0.3, -0.25) is 9.69 Å². The van der Waals surface area contributed by atoms with Crippen molar-refractivity contribution in [3.05, 3.63) is 52.5 Å². The summed E-state index contributed by atoms with van der Waals surface area (Å²) < 4.78 is 11.8. The van der Waals surface area contributed by atoms with E-state index >= 15 is 0 Å². The van der Waals surface area contributed by atoms with Crippen LogP contribution in [0.25, 0.3) is 0 Å². The summed E-state index contributed by atoms with van der Waals surface area (Å²) in [4.78, 5) is 14.7. The fraction of sp³-hybridized carbons (Fsp3) is 0.350. The van der Waals surface area contributed by atoms with E-state index in [-0.39, 0.29) is 11.9 Å². The number of nitrogens with zero attached hydrogens (tertiary/aromatic N) is 1. The Kier molecular flexibility index (Phi) is 6.16. The molecule has 2 aromatic rings. The molecule has 5 nitrogen and oxygen atoms in total. The second kappa shape index (κ2) is 8.56. The number of methoxy groups -OCH3 is 2. The molecular weight excluding hydrogens is 396 g/mol. The van der Waals surface area contributed by atoms with Gasteiger partial charge in [-0.1, -0.05) is 22.0 Å². The largest absolute Gasteiger partial charge is 0.497 e. The molecule has 0 aliphatic carbocycles. The fourth-order valence-corrected chi connectivity index (χ4v) is 3.64. The summed E-state index contributed by atoms with van der Waals surface area (Å²) >= 11 is 3.40. The zero-order chi connectivity index (χ0) is 18.5. The molecule has 0 spiro atoms. The molecule has 0 aromatic heterocycles. The molecule has 1 saturated heterocycles. The van der Waals surface area contributed by atoms with E-state index in [0.717, 1.165) is 46.6 Å². The molecule has 0 bridgehead atoms. The van der Waals surface area contributed by atoms with Gasteiger partial charge in [-0.05, 0) is 49.7 Å². The maximum absolute atomic E-state index is 12.5. The third-order valence-corrected chi connectivity index (χ3v) is 5.17. The second-order valence-electron chi connectivity index (χ2n) is 6.29. The van der Waals surface area contributed by atoms with Crippen molar-refractivity contribution in [2.75, 3.05) is 32.6 Å². The van der Waals surface area contributed by atoms with Crippen LogP contribution in [0.4, 0.5) is 5.69 Å². The number of ether oxygens (including phenoxy) is 2. The molecule has 6 heteroatoms. The summed E-state index contributed by atoms with van der Waals surface area (Å²) in [5.41, 5.74) is 1.90. The number of hydrogen-bond acceptors (Lipinski definition) is 4. The normalized spacial score (nSPS) is 17.1. The van der Waals surface area contributed by atoms with Gasteiger partial charge in [0.2, 0.25) is 5.91 Å². The lowest BCUT2D eigenvalue weighted by Gasteiger charge is -2.25. The summed E-state index contributed by atoms with van der Waals surface area (Å²) in [6.45, 7) is 1.25. The molecule has 0 radical (unpaired) electrons. The van der Waals surface area contributed by atoms with E-state index in [1.54, 1.807) is 14.2 Å². The van der Waals surface area contributed by atoms with Gasteiger partial charge in [0.05, 0.1) is 20.8 Å². The van der Waals surface area contributed by atoms with E-state index < -0.39 is 0 Å². The van der Waals surface area contributed by atoms with Gasteiger partial charge >= 0.3 is 0 Å². The van der Waals surface area contributed by atoms with Crippen LogP contribution in [0.3, 0.4) is 0 Å². The fourth-order valence-electron chi connectivity index (χ4n) is 3.38. The minimum Gasteiger partial charge on any atom is -0.497 e. The van der Waals surface area contributed by atoms with Gasteiger partial charge in [-0.2, -0.15) is 0 Å². The highest BCUT2D eigenvalue weighted by molar-refractivity contribution is 9.10. The number of carbonyl (C=O) groups excluding carboxylic acids is 1. The Bertz CT molecular complexity index is 764. The van der Waals surface area contributed by atoms with Gasteiger partial charge in [0.15, 0.2) is 0 Å². The Morgan fingerprint density at radius 3 is 2.65 bits per heavy atom. The number of rotatable bonds is 6. The Hall–Kier alpha value is -2.05. The van der Waals surface area contributed by atoms with Crippen LogP contribution in [0, 0.1) is 0 Å². The maximum Gasteiger partial charge on any atom is 0.238 e. The highest BCUT2D eigenvalue weighted by atomic mass is 79.9. The van der Waals surface area contributed by atoms with E-state index in [4.69, 9.17) is 9.47 Å². The average Bonchev–Trinajstić information content (AvgIpc) is 3.10. The number of hydrogen-bond donors (Lipinski definition) is 1. The lowest BCUT2D eigenvalue weighted by Crippen LogP contribution is -2.33. The molecule has 1 unspecified atom stereocenters. The first-order valence-electron chi connectivity index (χ1n) is 8.62. The van der Waals surface area contributed by atoms with Crippen molar-refractivity contribution in [1.29, 1.82) is 0 Å². The average molecular weight is 419 g/mol. The van der Waals surface area contributed by atoms with Crippen molar-refractivity contribution < 1.29 is 14.3 Å². The number of likely N-dealkylation sites (tertiary alicyclic amines) is 1. The molecule has 1 N–H and O–H groups in total. The monoisotopic (exact) mass is 418 g/mol. The first-order chi connectivity index (χ1) is 12.6. The van der Waals surface area contributed by atoms with Crippen LogP contribution in [0.15, 0.2) is 46.9 Å². The van der Waals surface area contributed by atoms with Gasteiger partial charge < -0.3 is 14.8 Å². The van der Waals surface area contributed by atoms with Gasteiger partial charge in [-0.15, -0.1) is 0 Å². The molecule has 3 rings (SSSR count). The van der Waals surface area contributed by atoms with Crippen LogP contribution in [0.5, 0.6) is 11.5 Å². The van der Waals surface area contributed by atoms with Gasteiger partial charge in [-0.25, -0.2) is 0 Å². The molecule has 1 aliphatic heterocycles. The van der Waals surface area contributed by atoms with E-state index in [1.807, 2.05) is 42.5 Å². The molecule has 1 atom stereocenters. The highest BCUT2D eigenvalue weighted by Gasteiger charge is 2.29. The van der Waals surface area contributed by atoms with E-state index in [1.165, 1.54) is 0 Å². The predicted molar refractivity (Wildman–Crippen MR) is 106 cm³/mol. The molecule has 2 aromatic carbocycles. The molecule has 26 heavy (non-hydrogen) atoms. The number of anilines is 1. The number of amides is 1. The standard InChI is InChI=1S/C20H23BrN2O3/c1-25-16-9-10-17(19(12-16)26-2)18-4-3-11-23(18)13-20(24)22-15-7-5-14(21)6-8-15/h5-10,12,18H,3-4,11,13H2,1-2H3,(H,22,24). The Balaban J connectivity index is 1.70. The summed E-state index contributed by atoms with van der Waals surface area (Å²) in [7, 11) is 3.31. The Morgan fingerprint density at radius 2 is 1.96 bits per heavy atom. The van der Waals surface area contributed by atoms with Crippen molar-refractivity contribution in [1.82, 2.24) is 4.90 Å². The second-order valence-corrected chi connectivity index (χ2v) is 7.21. The minimum absolute atomic E-state index is 0.00768. The number of halogens is 1. The SMILES string of the molecule is COc1ccc(C2CCCN2CC(=O)Nc2ccc(Br)cc2)c(OC)c1.